The number of fused-ring (bicyclic) bond motifs is 1. The van der Waals surface area contributed by atoms with Crippen molar-refractivity contribution < 1.29 is 9.53 Å². The quantitative estimate of drug-likeness (QED) is 0.921. The summed E-state index contributed by atoms with van der Waals surface area (Å²) in [6.07, 6.45) is 2.06. The molecule has 0 spiro atoms. The number of benzene rings is 1. The number of urea groups is 1. The first-order valence-corrected chi connectivity index (χ1v) is 7.06. The number of carbonyl (C=O) groups is 1. The monoisotopic (exact) mass is 285 g/mol. The van der Waals surface area contributed by atoms with Crippen LogP contribution in [0.25, 0.3) is 0 Å². The molecule has 1 aliphatic heterocycles. The van der Waals surface area contributed by atoms with Gasteiger partial charge in [-0.15, -0.1) is 0 Å². The van der Waals surface area contributed by atoms with E-state index in [0.717, 1.165) is 18.0 Å². The van der Waals surface area contributed by atoms with E-state index in [9.17, 15) is 4.79 Å². The van der Waals surface area contributed by atoms with Crippen molar-refractivity contribution in [1.82, 2.24) is 9.47 Å². The number of ether oxygens (including phenoxy) is 1. The van der Waals surface area contributed by atoms with Gasteiger partial charge in [-0.25, -0.2) is 4.79 Å². The molecule has 3 rings (SSSR count). The van der Waals surface area contributed by atoms with E-state index in [1.54, 1.807) is 7.11 Å². The highest BCUT2D eigenvalue weighted by Crippen LogP contribution is 2.26. The maximum absolute atomic E-state index is 12.5. The van der Waals surface area contributed by atoms with Gasteiger partial charge >= 0.3 is 6.03 Å². The number of nitrogens with one attached hydrogen (secondary N) is 1. The summed E-state index contributed by atoms with van der Waals surface area (Å²) in [7, 11) is 1.61. The Morgan fingerprint density at radius 2 is 2.14 bits per heavy atom. The van der Waals surface area contributed by atoms with Gasteiger partial charge in [-0.2, -0.15) is 0 Å². The number of rotatable bonds is 2. The molecule has 1 aromatic carbocycles. The van der Waals surface area contributed by atoms with Crippen LogP contribution in [0.5, 0.6) is 5.75 Å². The van der Waals surface area contributed by atoms with Gasteiger partial charge in [0.1, 0.15) is 5.75 Å². The minimum absolute atomic E-state index is 0.0688. The molecule has 0 aliphatic carbocycles. The Bertz CT molecular complexity index is 650. The second kappa shape index (κ2) is 5.52. The minimum atomic E-state index is -0.0804. The Balaban J connectivity index is 1.74. The van der Waals surface area contributed by atoms with Crippen molar-refractivity contribution in [3.8, 4) is 5.75 Å². The number of hydrogen-bond acceptors (Lipinski definition) is 2. The van der Waals surface area contributed by atoms with Crippen LogP contribution in [0.3, 0.4) is 0 Å². The van der Waals surface area contributed by atoms with Crippen LogP contribution in [0.4, 0.5) is 10.5 Å². The van der Waals surface area contributed by atoms with E-state index in [0.29, 0.717) is 6.54 Å². The number of amides is 2. The Morgan fingerprint density at radius 1 is 1.29 bits per heavy atom. The molecule has 1 aliphatic rings. The smallest absolute Gasteiger partial charge is 0.322 e. The Hall–Kier alpha value is -2.43. The summed E-state index contributed by atoms with van der Waals surface area (Å²) in [5.41, 5.74) is 1.91. The average molecular weight is 285 g/mol. The molecule has 110 valence electrons. The molecule has 0 radical (unpaired) electrons. The van der Waals surface area contributed by atoms with Crippen LogP contribution in [0.2, 0.25) is 0 Å². The van der Waals surface area contributed by atoms with Gasteiger partial charge in [-0.1, -0.05) is 6.07 Å². The fraction of sp³-hybridized carbons (Fsp3) is 0.312. The maximum atomic E-state index is 12.5. The van der Waals surface area contributed by atoms with E-state index < -0.39 is 0 Å². The maximum Gasteiger partial charge on any atom is 0.322 e. The fourth-order valence-electron chi connectivity index (χ4n) is 2.75. The molecular weight excluding hydrogens is 266 g/mol. The van der Waals surface area contributed by atoms with E-state index in [2.05, 4.69) is 29.1 Å². The number of hydrogen-bond donors (Lipinski definition) is 1. The molecule has 2 aromatic rings. The van der Waals surface area contributed by atoms with Crippen LogP contribution in [0.1, 0.15) is 18.7 Å². The number of anilines is 1. The molecule has 5 nitrogen and oxygen atoms in total. The van der Waals surface area contributed by atoms with E-state index in [1.165, 1.54) is 5.69 Å². The van der Waals surface area contributed by atoms with Crippen LogP contribution in [0.15, 0.2) is 42.6 Å². The van der Waals surface area contributed by atoms with Gasteiger partial charge in [0, 0.05) is 36.7 Å². The van der Waals surface area contributed by atoms with Crippen molar-refractivity contribution in [1.29, 1.82) is 0 Å². The lowest BCUT2D eigenvalue weighted by Crippen LogP contribution is -2.42. The molecule has 2 amide bonds. The highest BCUT2D eigenvalue weighted by molar-refractivity contribution is 5.89. The van der Waals surface area contributed by atoms with E-state index in [4.69, 9.17) is 4.74 Å². The second-order valence-corrected chi connectivity index (χ2v) is 5.16. The first-order valence-electron chi connectivity index (χ1n) is 7.06. The van der Waals surface area contributed by atoms with Crippen LogP contribution in [-0.2, 0) is 6.54 Å². The summed E-state index contributed by atoms with van der Waals surface area (Å²) in [5, 5.41) is 2.94. The third kappa shape index (κ3) is 2.59. The van der Waals surface area contributed by atoms with Gasteiger partial charge in [-0.3, -0.25) is 0 Å². The molecule has 1 aromatic heterocycles. The molecule has 0 saturated carbocycles. The van der Waals surface area contributed by atoms with Crippen molar-refractivity contribution in [2.24, 2.45) is 0 Å². The lowest BCUT2D eigenvalue weighted by atomic mass is 10.1. The predicted molar refractivity (Wildman–Crippen MR) is 81.6 cm³/mol. The van der Waals surface area contributed by atoms with Gasteiger partial charge in [0.15, 0.2) is 0 Å². The zero-order valence-corrected chi connectivity index (χ0v) is 12.2. The number of carbonyl (C=O) groups excluding carboxylic acids is 1. The molecule has 2 heterocycles. The van der Waals surface area contributed by atoms with Gasteiger partial charge in [-0.05, 0) is 31.2 Å². The Kier molecular flexibility index (Phi) is 3.56. The largest absolute Gasteiger partial charge is 0.497 e. The first kappa shape index (κ1) is 13.5. The number of aromatic nitrogens is 1. The molecule has 0 bridgehead atoms. The third-order valence-corrected chi connectivity index (χ3v) is 3.92. The summed E-state index contributed by atoms with van der Waals surface area (Å²) >= 11 is 0. The predicted octanol–water partition coefficient (Wildman–Crippen LogP) is 3.11. The van der Waals surface area contributed by atoms with E-state index >= 15 is 0 Å². The minimum Gasteiger partial charge on any atom is -0.497 e. The normalized spacial score (nSPS) is 17.2. The molecule has 5 heteroatoms. The Labute approximate surface area is 124 Å². The van der Waals surface area contributed by atoms with Crippen molar-refractivity contribution in [2.75, 3.05) is 19.0 Å². The molecule has 0 saturated heterocycles. The van der Waals surface area contributed by atoms with E-state index in [-0.39, 0.29) is 12.1 Å². The molecule has 0 unspecified atom stereocenters. The summed E-state index contributed by atoms with van der Waals surface area (Å²) in [6.45, 7) is 3.59. The van der Waals surface area contributed by atoms with Crippen LogP contribution >= 0.6 is 0 Å². The van der Waals surface area contributed by atoms with Crippen molar-refractivity contribution in [3.05, 3.63) is 48.3 Å². The highest BCUT2D eigenvalue weighted by atomic mass is 16.5. The van der Waals surface area contributed by atoms with Crippen molar-refractivity contribution in [2.45, 2.75) is 19.5 Å². The Morgan fingerprint density at radius 3 is 2.95 bits per heavy atom. The van der Waals surface area contributed by atoms with Crippen molar-refractivity contribution >= 4 is 11.7 Å². The molecule has 21 heavy (non-hydrogen) atoms. The first-order chi connectivity index (χ1) is 10.2. The summed E-state index contributed by atoms with van der Waals surface area (Å²) in [6, 6.07) is 11.5. The summed E-state index contributed by atoms with van der Waals surface area (Å²) in [5.74, 6) is 0.730. The molecule has 1 atom stereocenters. The van der Waals surface area contributed by atoms with Gasteiger partial charge in [0.25, 0.3) is 0 Å². The fourth-order valence-corrected chi connectivity index (χ4v) is 2.75. The number of methoxy groups -OCH3 is 1. The number of nitrogens with zero attached hydrogens (tertiary/aromatic N) is 2. The van der Waals surface area contributed by atoms with Gasteiger partial charge in [0.2, 0.25) is 0 Å². The lowest BCUT2D eigenvalue weighted by Gasteiger charge is -2.34. The summed E-state index contributed by atoms with van der Waals surface area (Å²) < 4.78 is 7.37. The SMILES string of the molecule is COc1cccc(NC(=O)N2CCn3cccc3[C@@H]2C)c1. The third-order valence-electron chi connectivity index (χ3n) is 3.92. The summed E-state index contributed by atoms with van der Waals surface area (Å²) in [4.78, 5) is 14.3. The standard InChI is InChI=1S/C16H19N3O2/c1-12-15-7-4-8-18(15)9-10-19(12)16(20)17-13-5-3-6-14(11-13)21-2/h3-8,11-12H,9-10H2,1-2H3,(H,17,20)/t12-/m0/s1. The average Bonchev–Trinajstić information content (AvgIpc) is 2.97. The highest BCUT2D eigenvalue weighted by Gasteiger charge is 2.27. The molecule has 1 N–H and O–H groups in total. The van der Waals surface area contributed by atoms with E-state index in [1.807, 2.05) is 35.2 Å². The lowest BCUT2D eigenvalue weighted by molar-refractivity contribution is 0.175. The second-order valence-electron chi connectivity index (χ2n) is 5.16. The molecular formula is C16H19N3O2. The van der Waals surface area contributed by atoms with Crippen LogP contribution < -0.4 is 10.1 Å². The molecule has 0 fully saturated rings. The van der Waals surface area contributed by atoms with Crippen molar-refractivity contribution in [3.63, 3.8) is 0 Å². The van der Waals surface area contributed by atoms with Crippen LogP contribution in [0, 0.1) is 0 Å². The zero-order valence-electron chi connectivity index (χ0n) is 12.2. The topological polar surface area (TPSA) is 46.5 Å². The van der Waals surface area contributed by atoms with Crippen LogP contribution in [-0.4, -0.2) is 29.2 Å². The van der Waals surface area contributed by atoms with Gasteiger partial charge < -0.3 is 19.5 Å². The zero-order chi connectivity index (χ0) is 14.8. The van der Waals surface area contributed by atoms with Gasteiger partial charge in [0.05, 0.1) is 13.2 Å².